The molecule has 26 heavy (non-hydrogen) atoms. The third-order valence-electron chi connectivity index (χ3n) is 4.30. The summed E-state index contributed by atoms with van der Waals surface area (Å²) in [4.78, 5) is 2.09. The molecule has 0 unspecified atom stereocenters. The second-order valence-electron chi connectivity index (χ2n) is 5.99. The fourth-order valence-electron chi connectivity index (χ4n) is 2.84. The van der Waals surface area contributed by atoms with Gasteiger partial charge in [0.05, 0.1) is 18.8 Å². The Bertz CT molecular complexity index is 921. The number of hydrogen-bond donors (Lipinski definition) is 0. The Kier molecular flexibility index (Phi) is 4.19. The van der Waals surface area contributed by atoms with Crippen LogP contribution in [0.15, 0.2) is 42.6 Å². The molecular weight excluding hydrogens is 330 g/mol. The lowest BCUT2D eigenvalue weighted by molar-refractivity contribution is 0.340. The number of hydrogen-bond acceptors (Lipinski definition) is 7. The lowest BCUT2D eigenvalue weighted by Gasteiger charge is -2.39. The Hall–Kier alpha value is -3.47. The van der Waals surface area contributed by atoms with E-state index in [2.05, 4.69) is 25.4 Å². The van der Waals surface area contributed by atoms with Gasteiger partial charge < -0.3 is 9.64 Å². The normalized spacial score (nSPS) is 13.9. The molecule has 0 radical (unpaired) electrons. The van der Waals surface area contributed by atoms with E-state index in [0.29, 0.717) is 12.3 Å². The number of benzene rings is 1. The van der Waals surface area contributed by atoms with Gasteiger partial charge in [0, 0.05) is 18.7 Å². The molecule has 0 saturated carbocycles. The van der Waals surface area contributed by atoms with Crippen molar-refractivity contribution in [2.45, 2.75) is 13.0 Å². The van der Waals surface area contributed by atoms with E-state index in [1.807, 2.05) is 54.2 Å². The summed E-state index contributed by atoms with van der Waals surface area (Å²) in [5, 5.41) is 25.2. The quantitative estimate of drug-likeness (QED) is 0.697. The lowest BCUT2D eigenvalue weighted by Crippen LogP contribution is -2.48. The molecule has 3 aromatic rings. The summed E-state index contributed by atoms with van der Waals surface area (Å²) in [5.41, 5.74) is 2.17. The Morgan fingerprint density at radius 2 is 1.92 bits per heavy atom. The van der Waals surface area contributed by atoms with Crippen LogP contribution in [0.3, 0.4) is 0 Å². The molecule has 130 valence electrons. The highest BCUT2D eigenvalue weighted by Crippen LogP contribution is 2.27. The molecule has 4 rings (SSSR count). The molecule has 0 atom stereocenters. The summed E-state index contributed by atoms with van der Waals surface area (Å²) in [6, 6.07) is 13.6. The topological polar surface area (TPSA) is 92.8 Å². The average Bonchev–Trinajstić information content (AvgIpc) is 3.12. The molecule has 3 heterocycles. The Morgan fingerprint density at radius 3 is 2.58 bits per heavy atom. The van der Waals surface area contributed by atoms with Gasteiger partial charge >= 0.3 is 0 Å². The van der Waals surface area contributed by atoms with Gasteiger partial charge in [-0.3, -0.25) is 0 Å². The van der Waals surface area contributed by atoms with Crippen molar-refractivity contribution in [1.82, 2.24) is 25.2 Å². The third kappa shape index (κ3) is 3.07. The minimum absolute atomic E-state index is 0.247. The molecule has 0 amide bonds. The van der Waals surface area contributed by atoms with Crippen molar-refractivity contribution in [3.63, 3.8) is 0 Å². The van der Waals surface area contributed by atoms with Crippen LogP contribution in [0.1, 0.15) is 18.7 Å². The van der Waals surface area contributed by atoms with Crippen molar-refractivity contribution < 1.29 is 4.74 Å². The number of ether oxygens (including phenoxy) is 1. The molecule has 1 fully saturated rings. The first-order chi connectivity index (χ1) is 12.8. The highest BCUT2D eigenvalue weighted by atomic mass is 16.5. The summed E-state index contributed by atoms with van der Waals surface area (Å²) in [5.74, 6) is 1.62. The minimum Gasteiger partial charge on any atom is -0.494 e. The van der Waals surface area contributed by atoms with Crippen molar-refractivity contribution in [2.75, 3.05) is 24.6 Å². The molecule has 0 N–H and O–H groups in total. The van der Waals surface area contributed by atoms with Crippen LogP contribution >= 0.6 is 0 Å². The summed E-state index contributed by atoms with van der Waals surface area (Å²) < 4.78 is 7.35. The van der Waals surface area contributed by atoms with Gasteiger partial charge in [-0.1, -0.05) is 5.21 Å². The highest BCUT2D eigenvalue weighted by molar-refractivity contribution is 5.58. The van der Waals surface area contributed by atoms with Gasteiger partial charge in [-0.25, -0.2) is 4.68 Å². The summed E-state index contributed by atoms with van der Waals surface area (Å²) >= 11 is 0. The Balaban J connectivity index is 1.40. The van der Waals surface area contributed by atoms with Crippen molar-refractivity contribution in [3.8, 4) is 23.1 Å². The summed E-state index contributed by atoms with van der Waals surface area (Å²) in [6.07, 6.45) is 1.96. The monoisotopic (exact) mass is 347 g/mol. The molecule has 0 spiro atoms. The predicted octanol–water partition coefficient (Wildman–Crippen LogP) is 2.07. The molecule has 2 aromatic heterocycles. The molecule has 8 nitrogen and oxygen atoms in total. The fraction of sp³-hybridized carbons (Fsp3) is 0.278. The van der Waals surface area contributed by atoms with E-state index in [1.165, 1.54) is 0 Å². The second-order valence-corrected chi connectivity index (χ2v) is 5.99. The number of aromatic nitrogens is 5. The zero-order valence-corrected chi connectivity index (χ0v) is 14.3. The van der Waals surface area contributed by atoms with Gasteiger partial charge in [-0.15, -0.1) is 15.3 Å². The zero-order valence-electron chi connectivity index (χ0n) is 14.3. The van der Waals surface area contributed by atoms with Crippen LogP contribution in [-0.4, -0.2) is 44.9 Å². The standard InChI is InChI=1S/C18H17N7O/c1-2-26-16-6-3-13(4-7-16)17-12-25(23-21-17)15-10-24(11-15)18-8-5-14(9-19)20-22-18/h3-8,12,15H,2,10-11H2,1H3. The first kappa shape index (κ1) is 16.0. The fourth-order valence-corrected chi connectivity index (χ4v) is 2.84. The van der Waals surface area contributed by atoms with Crippen molar-refractivity contribution in [2.24, 2.45) is 0 Å². The number of anilines is 1. The number of nitriles is 1. The molecule has 0 aliphatic carbocycles. The lowest BCUT2D eigenvalue weighted by atomic mass is 10.1. The maximum Gasteiger partial charge on any atom is 0.163 e. The van der Waals surface area contributed by atoms with E-state index in [-0.39, 0.29) is 6.04 Å². The van der Waals surface area contributed by atoms with E-state index < -0.39 is 0 Å². The molecule has 1 saturated heterocycles. The molecule has 1 aliphatic heterocycles. The van der Waals surface area contributed by atoms with Crippen LogP contribution in [0.5, 0.6) is 5.75 Å². The summed E-state index contributed by atoms with van der Waals surface area (Å²) in [7, 11) is 0. The molecular formula is C18H17N7O. The van der Waals surface area contributed by atoms with E-state index >= 15 is 0 Å². The van der Waals surface area contributed by atoms with E-state index in [1.54, 1.807) is 6.07 Å². The first-order valence-electron chi connectivity index (χ1n) is 8.40. The van der Waals surface area contributed by atoms with Crippen LogP contribution in [-0.2, 0) is 0 Å². The third-order valence-corrected chi connectivity index (χ3v) is 4.30. The van der Waals surface area contributed by atoms with E-state index in [0.717, 1.165) is 35.9 Å². The van der Waals surface area contributed by atoms with Gasteiger partial charge in [-0.2, -0.15) is 5.26 Å². The predicted molar refractivity (Wildman–Crippen MR) is 94.6 cm³/mol. The zero-order chi connectivity index (χ0) is 17.9. The van der Waals surface area contributed by atoms with Crippen LogP contribution in [0.25, 0.3) is 11.3 Å². The van der Waals surface area contributed by atoms with Crippen molar-refractivity contribution in [3.05, 3.63) is 48.3 Å². The molecule has 0 bridgehead atoms. The van der Waals surface area contributed by atoms with Gasteiger partial charge in [0.2, 0.25) is 0 Å². The number of nitrogens with zero attached hydrogens (tertiary/aromatic N) is 7. The van der Waals surface area contributed by atoms with Gasteiger partial charge in [0.15, 0.2) is 11.5 Å². The smallest absolute Gasteiger partial charge is 0.163 e. The molecule has 8 heteroatoms. The Morgan fingerprint density at radius 1 is 1.12 bits per heavy atom. The van der Waals surface area contributed by atoms with Crippen molar-refractivity contribution >= 4 is 5.82 Å². The van der Waals surface area contributed by atoms with Crippen LogP contribution in [0.2, 0.25) is 0 Å². The Labute approximate surface area is 150 Å². The number of rotatable bonds is 5. The van der Waals surface area contributed by atoms with Gasteiger partial charge in [0.25, 0.3) is 0 Å². The van der Waals surface area contributed by atoms with Gasteiger partial charge in [0.1, 0.15) is 17.5 Å². The van der Waals surface area contributed by atoms with Crippen LogP contribution < -0.4 is 9.64 Å². The van der Waals surface area contributed by atoms with Crippen LogP contribution in [0, 0.1) is 11.3 Å². The largest absolute Gasteiger partial charge is 0.494 e. The van der Waals surface area contributed by atoms with E-state index in [9.17, 15) is 0 Å². The second kappa shape index (κ2) is 6.80. The van der Waals surface area contributed by atoms with E-state index in [4.69, 9.17) is 10.00 Å². The molecule has 1 aromatic carbocycles. The highest BCUT2D eigenvalue weighted by Gasteiger charge is 2.30. The first-order valence-corrected chi connectivity index (χ1v) is 8.40. The van der Waals surface area contributed by atoms with Crippen LogP contribution in [0.4, 0.5) is 5.82 Å². The SMILES string of the molecule is CCOc1ccc(-c2cn(C3CN(c4ccc(C#N)nn4)C3)nn2)cc1. The maximum atomic E-state index is 8.78. The maximum absolute atomic E-state index is 8.78. The average molecular weight is 347 g/mol. The molecule has 1 aliphatic rings. The summed E-state index contributed by atoms with van der Waals surface area (Å²) in [6.45, 7) is 4.18. The van der Waals surface area contributed by atoms with Gasteiger partial charge in [-0.05, 0) is 43.3 Å². The van der Waals surface area contributed by atoms with Crippen molar-refractivity contribution in [1.29, 1.82) is 5.26 Å². The minimum atomic E-state index is 0.247.